The van der Waals surface area contributed by atoms with E-state index in [0.29, 0.717) is 11.4 Å². The van der Waals surface area contributed by atoms with E-state index in [4.69, 9.17) is 9.84 Å². The van der Waals surface area contributed by atoms with Crippen LogP contribution in [0.3, 0.4) is 0 Å². The Morgan fingerprint density at radius 3 is 2.52 bits per heavy atom. The van der Waals surface area contributed by atoms with Crippen LogP contribution in [-0.4, -0.2) is 27.6 Å². The molecular formula is C14H20N2O5. The standard InChI is InChI=1S/C14H20N2O5/c1-9(2)21-12-6-10(5-11(7-12)16(19)20)15-14(3,4)8-13(17)18/h5-7,9,15H,8H2,1-4H3,(H,17,18). The lowest BCUT2D eigenvalue weighted by Gasteiger charge is -2.26. The van der Waals surface area contributed by atoms with Crippen LogP contribution in [0.5, 0.6) is 5.75 Å². The van der Waals surface area contributed by atoms with E-state index < -0.39 is 16.4 Å². The second-order valence-electron chi connectivity index (χ2n) is 5.72. The highest BCUT2D eigenvalue weighted by Crippen LogP contribution is 2.29. The molecule has 0 spiro atoms. The molecule has 0 heterocycles. The monoisotopic (exact) mass is 296 g/mol. The molecule has 1 rings (SSSR count). The van der Waals surface area contributed by atoms with Gasteiger partial charge in [-0.05, 0) is 27.7 Å². The number of aliphatic carboxylic acids is 1. The van der Waals surface area contributed by atoms with Gasteiger partial charge in [-0.1, -0.05) is 0 Å². The van der Waals surface area contributed by atoms with Crippen LogP contribution in [0.25, 0.3) is 0 Å². The van der Waals surface area contributed by atoms with Crippen molar-refractivity contribution in [2.45, 2.75) is 45.8 Å². The van der Waals surface area contributed by atoms with Crippen LogP contribution in [0, 0.1) is 10.1 Å². The molecule has 7 heteroatoms. The molecule has 0 aromatic heterocycles. The number of carboxylic acid groups (broad SMARTS) is 1. The van der Waals surface area contributed by atoms with Gasteiger partial charge in [0.25, 0.3) is 5.69 Å². The van der Waals surface area contributed by atoms with E-state index in [1.165, 1.54) is 12.1 Å². The predicted octanol–water partition coefficient (Wildman–Crippen LogP) is 3.05. The van der Waals surface area contributed by atoms with Crippen LogP contribution in [0.4, 0.5) is 11.4 Å². The molecule has 7 nitrogen and oxygen atoms in total. The van der Waals surface area contributed by atoms with Crippen LogP contribution in [0.2, 0.25) is 0 Å². The number of rotatable bonds is 7. The average Bonchev–Trinajstić information content (AvgIpc) is 2.24. The van der Waals surface area contributed by atoms with Crippen LogP contribution >= 0.6 is 0 Å². The fourth-order valence-corrected chi connectivity index (χ4v) is 1.91. The first-order valence-corrected chi connectivity index (χ1v) is 6.55. The number of benzene rings is 1. The molecule has 0 amide bonds. The predicted molar refractivity (Wildman–Crippen MR) is 78.8 cm³/mol. The van der Waals surface area contributed by atoms with Crippen molar-refractivity contribution in [3.8, 4) is 5.75 Å². The smallest absolute Gasteiger partial charge is 0.305 e. The minimum absolute atomic E-state index is 0.109. The third-order valence-corrected chi connectivity index (χ3v) is 2.55. The molecule has 0 unspecified atom stereocenters. The third-order valence-electron chi connectivity index (χ3n) is 2.55. The Bertz CT molecular complexity index is 540. The lowest BCUT2D eigenvalue weighted by molar-refractivity contribution is -0.384. The van der Waals surface area contributed by atoms with E-state index in [2.05, 4.69) is 5.32 Å². The number of ether oxygens (including phenoxy) is 1. The number of non-ortho nitro benzene ring substituents is 1. The zero-order valence-corrected chi connectivity index (χ0v) is 12.5. The topological polar surface area (TPSA) is 102 Å². The highest BCUT2D eigenvalue weighted by Gasteiger charge is 2.23. The molecule has 0 saturated carbocycles. The van der Waals surface area contributed by atoms with Gasteiger partial charge >= 0.3 is 5.97 Å². The van der Waals surface area contributed by atoms with Gasteiger partial charge in [0.05, 0.1) is 23.5 Å². The first kappa shape index (κ1) is 16.7. The van der Waals surface area contributed by atoms with Crippen LogP contribution in [-0.2, 0) is 4.79 Å². The van der Waals surface area contributed by atoms with E-state index in [-0.39, 0.29) is 18.2 Å². The summed E-state index contributed by atoms with van der Waals surface area (Å²) in [6.07, 6.45) is -0.234. The fraction of sp³-hybridized carbons (Fsp3) is 0.500. The Morgan fingerprint density at radius 1 is 1.43 bits per heavy atom. The van der Waals surface area contributed by atoms with Crippen molar-refractivity contribution >= 4 is 17.3 Å². The Kier molecular flexibility index (Phi) is 5.12. The van der Waals surface area contributed by atoms with E-state index >= 15 is 0 Å². The summed E-state index contributed by atoms with van der Waals surface area (Å²) >= 11 is 0. The summed E-state index contributed by atoms with van der Waals surface area (Å²) in [7, 11) is 0. The van der Waals surface area contributed by atoms with Crippen LogP contribution in [0.15, 0.2) is 18.2 Å². The van der Waals surface area contributed by atoms with E-state index in [1.807, 2.05) is 13.8 Å². The quantitative estimate of drug-likeness (QED) is 0.592. The summed E-state index contributed by atoms with van der Waals surface area (Å²) in [5.74, 6) is -0.579. The highest BCUT2D eigenvalue weighted by atomic mass is 16.6. The number of nitrogens with zero attached hydrogens (tertiary/aromatic N) is 1. The van der Waals surface area contributed by atoms with Gasteiger partial charge in [0.15, 0.2) is 0 Å². The van der Waals surface area contributed by atoms with Crippen molar-refractivity contribution in [3.05, 3.63) is 28.3 Å². The van der Waals surface area contributed by atoms with Crippen molar-refractivity contribution in [2.24, 2.45) is 0 Å². The number of carbonyl (C=O) groups is 1. The molecule has 0 aliphatic rings. The van der Waals surface area contributed by atoms with Crippen LogP contribution in [0.1, 0.15) is 34.1 Å². The Hall–Kier alpha value is -2.31. The molecule has 0 bridgehead atoms. The van der Waals surface area contributed by atoms with Gasteiger partial charge in [-0.25, -0.2) is 0 Å². The van der Waals surface area contributed by atoms with Gasteiger partial charge in [-0.2, -0.15) is 0 Å². The molecule has 116 valence electrons. The summed E-state index contributed by atoms with van der Waals surface area (Å²) in [5, 5.41) is 22.8. The van der Waals surface area contributed by atoms with E-state index in [0.717, 1.165) is 0 Å². The molecule has 0 aliphatic carbocycles. The van der Waals surface area contributed by atoms with Gasteiger partial charge in [-0.3, -0.25) is 14.9 Å². The van der Waals surface area contributed by atoms with Crippen molar-refractivity contribution in [3.63, 3.8) is 0 Å². The fourth-order valence-electron chi connectivity index (χ4n) is 1.91. The molecule has 0 atom stereocenters. The second kappa shape index (κ2) is 6.43. The Balaban J connectivity index is 3.07. The first-order valence-electron chi connectivity index (χ1n) is 6.55. The summed E-state index contributed by atoms with van der Waals surface area (Å²) < 4.78 is 5.48. The second-order valence-corrected chi connectivity index (χ2v) is 5.72. The van der Waals surface area contributed by atoms with E-state index in [1.54, 1.807) is 19.9 Å². The molecule has 0 aliphatic heterocycles. The number of carboxylic acids is 1. The van der Waals surface area contributed by atoms with Gasteiger partial charge in [0.1, 0.15) is 5.75 Å². The summed E-state index contributed by atoms with van der Waals surface area (Å²) in [6.45, 7) is 7.06. The van der Waals surface area contributed by atoms with Gasteiger partial charge in [0, 0.05) is 23.4 Å². The highest BCUT2D eigenvalue weighted by molar-refractivity contribution is 5.69. The average molecular weight is 296 g/mol. The number of nitro groups is 1. The van der Waals surface area contributed by atoms with Crippen molar-refractivity contribution < 1.29 is 19.6 Å². The van der Waals surface area contributed by atoms with Gasteiger partial charge < -0.3 is 15.2 Å². The molecule has 2 N–H and O–H groups in total. The van der Waals surface area contributed by atoms with Crippen LogP contribution < -0.4 is 10.1 Å². The lowest BCUT2D eigenvalue weighted by atomic mass is 10.0. The maximum absolute atomic E-state index is 11.0. The summed E-state index contributed by atoms with van der Waals surface area (Å²) in [4.78, 5) is 21.3. The largest absolute Gasteiger partial charge is 0.491 e. The maximum atomic E-state index is 11.0. The van der Waals surface area contributed by atoms with Gasteiger partial charge in [-0.15, -0.1) is 0 Å². The minimum Gasteiger partial charge on any atom is -0.491 e. The maximum Gasteiger partial charge on any atom is 0.305 e. The number of nitro benzene ring substituents is 1. The number of hydrogen-bond acceptors (Lipinski definition) is 5. The number of nitrogens with one attached hydrogen (secondary N) is 1. The number of hydrogen-bond donors (Lipinski definition) is 2. The lowest BCUT2D eigenvalue weighted by Crippen LogP contribution is -2.33. The molecule has 0 radical (unpaired) electrons. The summed E-state index contributed by atoms with van der Waals surface area (Å²) in [6, 6.07) is 4.32. The normalized spacial score (nSPS) is 11.3. The third kappa shape index (κ3) is 5.68. The first-order chi connectivity index (χ1) is 9.59. The van der Waals surface area contributed by atoms with Gasteiger partial charge in [0.2, 0.25) is 0 Å². The van der Waals surface area contributed by atoms with Crippen molar-refractivity contribution in [1.29, 1.82) is 0 Å². The summed E-state index contributed by atoms with van der Waals surface area (Å²) in [5.41, 5.74) is -0.399. The molecule has 0 saturated heterocycles. The van der Waals surface area contributed by atoms with E-state index in [9.17, 15) is 14.9 Å². The van der Waals surface area contributed by atoms with Crippen molar-refractivity contribution in [1.82, 2.24) is 0 Å². The molecule has 0 fully saturated rings. The minimum atomic E-state index is -0.948. The molecule has 21 heavy (non-hydrogen) atoms. The zero-order valence-electron chi connectivity index (χ0n) is 12.5. The molecular weight excluding hydrogens is 276 g/mol. The SMILES string of the molecule is CC(C)Oc1cc(NC(C)(C)CC(=O)O)cc([N+](=O)[O-])c1. The Morgan fingerprint density at radius 2 is 2.05 bits per heavy atom. The molecule has 1 aromatic carbocycles. The zero-order chi connectivity index (χ0) is 16.2. The number of anilines is 1. The molecule has 1 aromatic rings. The van der Waals surface area contributed by atoms with Crippen molar-refractivity contribution in [2.75, 3.05) is 5.32 Å². The Labute approximate surface area is 123 Å².